The lowest BCUT2D eigenvalue weighted by Gasteiger charge is -2.24. The smallest absolute Gasteiger partial charge is 0.294 e. The molecular formula is C18H16N4O3S. The number of nitro groups is 1. The molecule has 4 rings (SSSR count). The summed E-state index contributed by atoms with van der Waals surface area (Å²) >= 11 is 1.61. The Labute approximate surface area is 153 Å². The van der Waals surface area contributed by atoms with Crippen LogP contribution in [0.15, 0.2) is 53.7 Å². The van der Waals surface area contributed by atoms with E-state index >= 15 is 0 Å². The summed E-state index contributed by atoms with van der Waals surface area (Å²) in [6.45, 7) is 0.663. The normalized spacial score (nSPS) is 16.8. The van der Waals surface area contributed by atoms with Crippen molar-refractivity contribution in [3.8, 4) is 5.69 Å². The molecule has 0 saturated carbocycles. The molecule has 0 spiro atoms. The van der Waals surface area contributed by atoms with Crippen molar-refractivity contribution < 1.29 is 9.72 Å². The van der Waals surface area contributed by atoms with E-state index < -0.39 is 4.92 Å². The number of carbonyl (C=O) groups excluding carboxylic acids is 1. The zero-order valence-electron chi connectivity index (χ0n) is 13.8. The highest BCUT2D eigenvalue weighted by Gasteiger charge is 2.31. The lowest BCUT2D eigenvalue weighted by atomic mass is 10.1. The van der Waals surface area contributed by atoms with E-state index in [0.717, 1.165) is 18.4 Å². The van der Waals surface area contributed by atoms with Crippen molar-refractivity contribution in [2.45, 2.75) is 18.9 Å². The van der Waals surface area contributed by atoms with Gasteiger partial charge in [-0.3, -0.25) is 14.9 Å². The summed E-state index contributed by atoms with van der Waals surface area (Å²) in [6, 6.07) is 6.68. The Balaban J connectivity index is 1.68. The predicted molar refractivity (Wildman–Crippen MR) is 97.5 cm³/mol. The second-order valence-corrected chi connectivity index (χ2v) is 6.92. The van der Waals surface area contributed by atoms with Crippen LogP contribution in [-0.2, 0) is 0 Å². The molecule has 1 aliphatic rings. The maximum atomic E-state index is 13.0. The molecule has 0 N–H and O–H groups in total. The minimum Gasteiger partial charge on any atom is -0.332 e. The van der Waals surface area contributed by atoms with E-state index in [9.17, 15) is 14.9 Å². The molecule has 26 heavy (non-hydrogen) atoms. The number of carbonyl (C=O) groups is 1. The molecule has 0 aliphatic carbocycles. The summed E-state index contributed by atoms with van der Waals surface area (Å²) in [7, 11) is 0. The summed E-state index contributed by atoms with van der Waals surface area (Å²) in [5, 5.41) is 15.6. The number of hydrogen-bond donors (Lipinski definition) is 0. The third-order valence-corrected chi connectivity index (χ3v) is 5.34. The van der Waals surface area contributed by atoms with Crippen molar-refractivity contribution in [1.82, 2.24) is 14.5 Å². The van der Waals surface area contributed by atoms with Crippen LogP contribution < -0.4 is 0 Å². The number of imidazole rings is 1. The van der Waals surface area contributed by atoms with E-state index in [1.54, 1.807) is 40.4 Å². The lowest BCUT2D eigenvalue weighted by Crippen LogP contribution is -2.30. The van der Waals surface area contributed by atoms with Gasteiger partial charge in [-0.05, 0) is 47.4 Å². The van der Waals surface area contributed by atoms with Gasteiger partial charge in [0.2, 0.25) is 0 Å². The standard InChI is InChI=1S/C18H16N4O3S/c23-18(21-7-1-2-15(21)14-5-9-26-11-14)13-3-4-16(17(10-13)22(24)25)20-8-6-19-12-20/h3-6,8-12,15H,1-2,7H2. The van der Waals surface area contributed by atoms with Crippen molar-refractivity contribution in [2.75, 3.05) is 6.54 Å². The fourth-order valence-electron chi connectivity index (χ4n) is 3.41. The molecule has 1 aliphatic heterocycles. The summed E-state index contributed by atoms with van der Waals surface area (Å²) in [6.07, 6.45) is 6.53. The predicted octanol–water partition coefficient (Wildman–Crippen LogP) is 3.82. The fraction of sp³-hybridized carbons (Fsp3) is 0.222. The minimum atomic E-state index is -0.466. The molecule has 0 bridgehead atoms. The third-order valence-electron chi connectivity index (χ3n) is 4.64. The Hall–Kier alpha value is -3.00. The van der Waals surface area contributed by atoms with Gasteiger partial charge in [0, 0.05) is 30.6 Å². The van der Waals surface area contributed by atoms with Gasteiger partial charge in [-0.25, -0.2) is 4.98 Å². The molecule has 3 aromatic rings. The Bertz CT molecular complexity index is 938. The zero-order valence-corrected chi connectivity index (χ0v) is 14.6. The number of nitrogens with zero attached hydrogens (tertiary/aromatic N) is 4. The number of rotatable bonds is 4. The largest absolute Gasteiger partial charge is 0.332 e. The number of thiophene rings is 1. The highest BCUT2D eigenvalue weighted by molar-refractivity contribution is 7.08. The van der Waals surface area contributed by atoms with Crippen molar-refractivity contribution in [3.05, 3.63) is 75.0 Å². The number of likely N-dealkylation sites (tertiary alicyclic amines) is 1. The van der Waals surface area contributed by atoms with Crippen LogP contribution in [0.5, 0.6) is 0 Å². The second kappa shape index (κ2) is 6.72. The van der Waals surface area contributed by atoms with Crippen LogP contribution in [0.2, 0.25) is 0 Å². The topological polar surface area (TPSA) is 81.3 Å². The second-order valence-electron chi connectivity index (χ2n) is 6.14. The van der Waals surface area contributed by atoms with Crippen LogP contribution in [-0.4, -0.2) is 31.8 Å². The van der Waals surface area contributed by atoms with Crippen LogP contribution in [0.25, 0.3) is 5.69 Å². The van der Waals surface area contributed by atoms with Crippen LogP contribution >= 0.6 is 11.3 Å². The van der Waals surface area contributed by atoms with Crippen LogP contribution in [0.1, 0.15) is 34.8 Å². The Morgan fingerprint density at radius 2 is 2.23 bits per heavy atom. The van der Waals surface area contributed by atoms with Crippen molar-refractivity contribution in [3.63, 3.8) is 0 Å². The maximum absolute atomic E-state index is 13.0. The number of benzene rings is 1. The number of amides is 1. The lowest BCUT2D eigenvalue weighted by molar-refractivity contribution is -0.384. The molecule has 8 heteroatoms. The molecule has 1 fully saturated rings. The monoisotopic (exact) mass is 368 g/mol. The van der Waals surface area contributed by atoms with Gasteiger partial charge in [0.15, 0.2) is 0 Å². The van der Waals surface area contributed by atoms with Gasteiger partial charge < -0.3 is 9.47 Å². The number of aromatic nitrogens is 2. The van der Waals surface area contributed by atoms with Gasteiger partial charge in [-0.2, -0.15) is 11.3 Å². The average Bonchev–Trinajstić information content (AvgIpc) is 3.42. The highest BCUT2D eigenvalue weighted by Crippen LogP contribution is 2.35. The molecular weight excluding hydrogens is 352 g/mol. The zero-order chi connectivity index (χ0) is 18.1. The van der Waals surface area contributed by atoms with Crippen LogP contribution in [0.3, 0.4) is 0 Å². The Morgan fingerprint density at radius 1 is 1.35 bits per heavy atom. The van der Waals surface area contributed by atoms with Gasteiger partial charge in [0.05, 0.1) is 17.3 Å². The van der Waals surface area contributed by atoms with E-state index in [2.05, 4.69) is 10.4 Å². The molecule has 1 saturated heterocycles. The van der Waals surface area contributed by atoms with Crippen molar-refractivity contribution >= 4 is 22.9 Å². The molecule has 132 valence electrons. The van der Waals surface area contributed by atoms with E-state index in [-0.39, 0.29) is 17.6 Å². The van der Waals surface area contributed by atoms with E-state index in [0.29, 0.717) is 17.8 Å². The van der Waals surface area contributed by atoms with Crippen molar-refractivity contribution in [1.29, 1.82) is 0 Å². The molecule has 1 atom stereocenters. The van der Waals surface area contributed by atoms with Crippen LogP contribution in [0.4, 0.5) is 5.69 Å². The van der Waals surface area contributed by atoms with E-state index in [1.807, 2.05) is 16.3 Å². The number of nitro benzene ring substituents is 1. The first-order chi connectivity index (χ1) is 12.6. The van der Waals surface area contributed by atoms with Gasteiger partial charge in [-0.15, -0.1) is 0 Å². The maximum Gasteiger partial charge on any atom is 0.294 e. The summed E-state index contributed by atoms with van der Waals surface area (Å²) in [5.41, 5.74) is 1.74. The van der Waals surface area contributed by atoms with Gasteiger partial charge in [-0.1, -0.05) is 0 Å². The van der Waals surface area contributed by atoms with Crippen molar-refractivity contribution in [2.24, 2.45) is 0 Å². The Kier molecular flexibility index (Phi) is 4.26. The highest BCUT2D eigenvalue weighted by atomic mass is 32.1. The third kappa shape index (κ3) is 2.88. The van der Waals surface area contributed by atoms with Gasteiger partial charge in [0.1, 0.15) is 5.69 Å². The average molecular weight is 368 g/mol. The van der Waals surface area contributed by atoms with Gasteiger partial charge >= 0.3 is 0 Å². The molecule has 3 heterocycles. The molecule has 1 unspecified atom stereocenters. The first-order valence-corrected chi connectivity index (χ1v) is 9.19. The fourth-order valence-corrected chi connectivity index (χ4v) is 4.12. The Morgan fingerprint density at radius 3 is 2.92 bits per heavy atom. The molecule has 7 nitrogen and oxygen atoms in total. The van der Waals surface area contributed by atoms with E-state index in [1.165, 1.54) is 12.4 Å². The molecule has 1 amide bonds. The summed E-state index contributed by atoms with van der Waals surface area (Å²) in [5.74, 6) is -0.168. The quantitative estimate of drug-likeness (QED) is 0.518. The SMILES string of the molecule is O=C(c1ccc(-n2ccnc2)c([N+](=O)[O-])c1)N1CCCC1c1ccsc1. The van der Waals surface area contributed by atoms with E-state index in [4.69, 9.17) is 0 Å². The minimum absolute atomic E-state index is 0.0427. The molecule has 0 radical (unpaired) electrons. The van der Waals surface area contributed by atoms with Gasteiger partial charge in [0.25, 0.3) is 11.6 Å². The molecule has 2 aromatic heterocycles. The number of hydrogen-bond acceptors (Lipinski definition) is 5. The first-order valence-electron chi connectivity index (χ1n) is 8.25. The summed E-state index contributed by atoms with van der Waals surface area (Å²) in [4.78, 5) is 29.8. The first kappa shape index (κ1) is 16.5. The van der Waals surface area contributed by atoms with Crippen LogP contribution in [0, 0.1) is 10.1 Å². The summed E-state index contributed by atoms with van der Waals surface area (Å²) < 4.78 is 1.57. The molecule has 1 aromatic carbocycles.